The average molecular weight is 616 g/mol. The molecule has 0 aliphatic rings. The summed E-state index contributed by atoms with van der Waals surface area (Å²) < 4.78 is 21.7. The molecule has 5 aromatic rings. The van der Waals surface area contributed by atoms with Crippen LogP contribution in [0.15, 0.2) is 66.5 Å². The van der Waals surface area contributed by atoms with Gasteiger partial charge in [-0.15, -0.1) is 6.58 Å². The lowest BCUT2D eigenvalue weighted by Crippen LogP contribution is -2.24. The zero-order chi connectivity index (χ0) is 33.3. The Bertz CT molecular complexity index is 1810. The Morgan fingerprint density at radius 1 is 1.16 bits per heavy atom. The molecule has 0 aliphatic carbocycles. The van der Waals surface area contributed by atoms with Crippen LogP contribution in [0.4, 0.5) is 10.1 Å². The average Bonchev–Trinajstić information content (AvgIpc) is 3.76. The highest BCUT2D eigenvalue weighted by atomic mass is 19.1. The Kier molecular flexibility index (Phi) is 11.2. The first kappa shape index (κ1) is 34.0. The highest BCUT2D eigenvalue weighted by molar-refractivity contribution is 6.01. The molecule has 12 nitrogen and oxygen atoms in total. The van der Waals surface area contributed by atoms with E-state index < -0.39 is 11.7 Å². The fraction of sp³-hybridized carbons (Fsp3) is 0.281. The summed E-state index contributed by atoms with van der Waals surface area (Å²) in [5.41, 5.74) is 2.95. The Labute approximate surface area is 260 Å². The molecule has 0 unspecified atom stereocenters. The predicted molar refractivity (Wildman–Crippen MR) is 172 cm³/mol. The standard InChI is InChI=1S/C27H26FN9O3.C3H6.C2H6/c1-6-19(38)31-18-13-37(5)35-21(18)23-32-20-16(9-10-29-22(20)33-23)14-7-8-15(17(28)11-14)12-30-24(39)25-34-26(36-40-25)27(2,3)4;1-3-2;1-2/h6-11,13H,1,12H2,2-5H3,(H,30,39)(H,31,38)(H,29,32,33);3H,1H2,2H3;1-2H3. The van der Waals surface area contributed by atoms with E-state index in [0.717, 1.165) is 6.08 Å². The molecule has 236 valence electrons. The van der Waals surface area contributed by atoms with Crippen molar-refractivity contribution in [2.45, 2.75) is 53.5 Å². The number of fused-ring (bicyclic) bond motifs is 1. The number of H-pyrrole nitrogens is 1. The largest absolute Gasteiger partial charge is 0.344 e. The molecular formula is C32H38FN9O3. The number of halogens is 1. The number of amides is 2. The summed E-state index contributed by atoms with van der Waals surface area (Å²) in [5.74, 6) is -0.892. The van der Waals surface area contributed by atoms with Crippen molar-refractivity contribution in [3.05, 3.63) is 85.1 Å². The Balaban J connectivity index is 0.00000104. The maximum absolute atomic E-state index is 15.1. The minimum atomic E-state index is -0.592. The molecule has 3 N–H and O–H groups in total. The summed E-state index contributed by atoms with van der Waals surface area (Å²) in [5, 5.41) is 13.5. The van der Waals surface area contributed by atoms with Crippen molar-refractivity contribution in [3.8, 4) is 22.6 Å². The number of carbonyl (C=O) groups excluding carboxylic acids is 2. The number of rotatable bonds is 7. The van der Waals surface area contributed by atoms with E-state index in [9.17, 15) is 9.59 Å². The molecule has 0 radical (unpaired) electrons. The van der Waals surface area contributed by atoms with Crippen LogP contribution in [-0.2, 0) is 23.8 Å². The van der Waals surface area contributed by atoms with Gasteiger partial charge in [0.15, 0.2) is 23.0 Å². The molecule has 4 heterocycles. The second-order valence-corrected chi connectivity index (χ2v) is 10.5. The minimum absolute atomic E-state index is 0.0724. The molecule has 5 rings (SSSR count). The number of nitrogens with one attached hydrogen (secondary N) is 3. The quantitative estimate of drug-likeness (QED) is 0.146. The molecule has 2 amide bonds. The molecule has 0 fully saturated rings. The molecule has 1 aromatic carbocycles. The second-order valence-electron chi connectivity index (χ2n) is 10.5. The van der Waals surface area contributed by atoms with Crippen LogP contribution < -0.4 is 10.6 Å². The van der Waals surface area contributed by atoms with E-state index in [2.05, 4.69) is 54.0 Å². The molecule has 4 aromatic heterocycles. The van der Waals surface area contributed by atoms with Crippen LogP contribution in [0.2, 0.25) is 0 Å². The van der Waals surface area contributed by atoms with Crippen molar-refractivity contribution >= 4 is 28.7 Å². The molecule has 13 heteroatoms. The van der Waals surface area contributed by atoms with E-state index in [1.165, 1.54) is 6.07 Å². The van der Waals surface area contributed by atoms with Crippen LogP contribution in [0, 0.1) is 5.82 Å². The number of hydrogen-bond acceptors (Lipinski definition) is 8. The lowest BCUT2D eigenvalue weighted by atomic mass is 9.96. The zero-order valence-electron chi connectivity index (χ0n) is 26.5. The number of hydrogen-bond donors (Lipinski definition) is 3. The topological polar surface area (TPSA) is 157 Å². The fourth-order valence-corrected chi connectivity index (χ4v) is 3.93. The van der Waals surface area contributed by atoms with E-state index in [0.29, 0.717) is 45.3 Å². The smallest absolute Gasteiger partial charge is 0.315 e. The maximum atomic E-state index is 15.1. The van der Waals surface area contributed by atoms with E-state index in [1.807, 2.05) is 41.5 Å². The third kappa shape index (κ3) is 8.13. The van der Waals surface area contributed by atoms with Crippen LogP contribution in [0.25, 0.3) is 33.8 Å². The fourth-order valence-electron chi connectivity index (χ4n) is 3.93. The van der Waals surface area contributed by atoms with Crippen molar-refractivity contribution in [2.24, 2.45) is 7.05 Å². The molecule has 0 saturated heterocycles. The Hall–Kier alpha value is -5.46. The number of pyridine rings is 1. The molecule has 0 aliphatic heterocycles. The third-order valence-corrected chi connectivity index (χ3v) is 5.98. The predicted octanol–water partition coefficient (Wildman–Crippen LogP) is 6.12. The van der Waals surface area contributed by atoms with Crippen LogP contribution in [-0.4, -0.2) is 46.7 Å². The molecule has 45 heavy (non-hydrogen) atoms. The number of aromatic amines is 1. The first-order valence-electron chi connectivity index (χ1n) is 14.3. The van der Waals surface area contributed by atoms with E-state index in [1.54, 1.807) is 48.4 Å². The number of benzene rings is 1. The molecular weight excluding hydrogens is 577 g/mol. The van der Waals surface area contributed by atoms with Crippen molar-refractivity contribution in [2.75, 3.05) is 5.32 Å². The second kappa shape index (κ2) is 14.8. The number of imidazole rings is 1. The lowest BCUT2D eigenvalue weighted by Gasteiger charge is -2.10. The highest BCUT2D eigenvalue weighted by Crippen LogP contribution is 2.31. The van der Waals surface area contributed by atoms with Gasteiger partial charge in [-0.05, 0) is 30.7 Å². The maximum Gasteiger partial charge on any atom is 0.315 e. The van der Waals surface area contributed by atoms with Crippen molar-refractivity contribution in [1.82, 2.24) is 40.2 Å². The summed E-state index contributed by atoms with van der Waals surface area (Å²) in [7, 11) is 1.72. The van der Waals surface area contributed by atoms with Crippen molar-refractivity contribution in [3.63, 3.8) is 0 Å². The van der Waals surface area contributed by atoms with Gasteiger partial charge in [-0.2, -0.15) is 10.1 Å². The van der Waals surface area contributed by atoms with Gasteiger partial charge in [-0.25, -0.2) is 14.4 Å². The lowest BCUT2D eigenvalue weighted by molar-refractivity contribution is -0.111. The molecule has 0 atom stereocenters. The zero-order valence-corrected chi connectivity index (χ0v) is 26.5. The molecule has 0 saturated carbocycles. The van der Waals surface area contributed by atoms with Gasteiger partial charge in [0.2, 0.25) is 5.91 Å². The summed E-state index contributed by atoms with van der Waals surface area (Å²) in [6, 6.07) is 6.44. The Morgan fingerprint density at radius 2 is 1.87 bits per heavy atom. The number of anilines is 1. The third-order valence-electron chi connectivity index (χ3n) is 5.98. The molecule has 0 spiro atoms. The number of allylic oxidation sites excluding steroid dienone is 1. The van der Waals surface area contributed by atoms with Gasteiger partial charge in [-0.1, -0.05) is 64.6 Å². The SMILES string of the molecule is C=CC.C=CC(=O)Nc1cn(C)nc1-c1nc2nccc(-c3ccc(CNC(=O)c4nc(C(C)(C)C)no4)c(F)c3)c2[nH]1.CC. The van der Waals surface area contributed by atoms with Crippen LogP contribution in [0.1, 0.15) is 63.6 Å². The number of carbonyl (C=O) groups is 2. The van der Waals surface area contributed by atoms with Gasteiger partial charge in [0.05, 0.1) is 11.2 Å². The first-order chi connectivity index (χ1) is 21.4. The van der Waals surface area contributed by atoms with Crippen LogP contribution in [0.3, 0.4) is 0 Å². The van der Waals surface area contributed by atoms with Gasteiger partial charge in [0.1, 0.15) is 5.82 Å². The number of aryl methyl sites for hydroxylation is 1. The van der Waals surface area contributed by atoms with Gasteiger partial charge < -0.3 is 20.1 Å². The van der Waals surface area contributed by atoms with Gasteiger partial charge in [-0.3, -0.25) is 14.3 Å². The van der Waals surface area contributed by atoms with Gasteiger partial charge >= 0.3 is 11.8 Å². The van der Waals surface area contributed by atoms with E-state index in [-0.39, 0.29) is 29.3 Å². The van der Waals surface area contributed by atoms with Crippen LogP contribution >= 0.6 is 0 Å². The Morgan fingerprint density at radius 3 is 2.49 bits per heavy atom. The number of nitrogens with zero attached hydrogens (tertiary/aromatic N) is 6. The van der Waals surface area contributed by atoms with Gasteiger partial charge in [0, 0.05) is 42.5 Å². The minimum Gasteiger partial charge on any atom is -0.344 e. The summed E-state index contributed by atoms with van der Waals surface area (Å²) in [4.78, 5) is 40.5. The normalized spacial score (nSPS) is 10.7. The van der Waals surface area contributed by atoms with Gasteiger partial charge in [0.25, 0.3) is 0 Å². The summed E-state index contributed by atoms with van der Waals surface area (Å²) in [6.07, 6.45) is 6.13. The monoisotopic (exact) mass is 615 g/mol. The summed E-state index contributed by atoms with van der Waals surface area (Å²) >= 11 is 0. The van der Waals surface area contributed by atoms with Crippen LogP contribution in [0.5, 0.6) is 0 Å². The van der Waals surface area contributed by atoms with Crippen molar-refractivity contribution < 1.29 is 18.5 Å². The van der Waals surface area contributed by atoms with E-state index in [4.69, 9.17) is 4.52 Å². The summed E-state index contributed by atoms with van der Waals surface area (Å²) in [6.45, 7) is 18.3. The molecule has 0 bridgehead atoms. The highest BCUT2D eigenvalue weighted by Gasteiger charge is 2.24. The van der Waals surface area contributed by atoms with Crippen molar-refractivity contribution in [1.29, 1.82) is 0 Å². The van der Waals surface area contributed by atoms with E-state index >= 15 is 4.39 Å². The first-order valence-corrected chi connectivity index (χ1v) is 14.3. The number of aromatic nitrogens is 7.